The molecule has 0 saturated heterocycles. The third-order valence-corrected chi connectivity index (χ3v) is 2.95. The smallest absolute Gasteiger partial charge is 0.250 e. The number of para-hydroxylation sites is 1. The minimum absolute atomic E-state index is 0.289. The average molecular weight is 271 g/mol. The molecule has 0 aliphatic rings. The molecule has 0 aliphatic carbocycles. The van der Waals surface area contributed by atoms with E-state index in [1.807, 2.05) is 12.1 Å². The summed E-state index contributed by atoms with van der Waals surface area (Å²) in [6, 6.07) is 8.97. The zero-order valence-electron chi connectivity index (χ0n) is 11.1. The van der Waals surface area contributed by atoms with Crippen LogP contribution in [0, 0.1) is 0 Å². The van der Waals surface area contributed by atoms with Gasteiger partial charge in [-0.1, -0.05) is 6.07 Å². The Bertz CT molecular complexity index is 585. The van der Waals surface area contributed by atoms with Crippen LogP contribution in [0.25, 0.3) is 0 Å². The van der Waals surface area contributed by atoms with Crippen molar-refractivity contribution in [1.29, 1.82) is 0 Å². The van der Waals surface area contributed by atoms with E-state index in [9.17, 15) is 4.79 Å². The highest BCUT2D eigenvalue weighted by Crippen LogP contribution is 2.25. The third kappa shape index (κ3) is 3.47. The van der Waals surface area contributed by atoms with Gasteiger partial charge in [0, 0.05) is 12.4 Å². The van der Waals surface area contributed by atoms with Crippen LogP contribution in [-0.2, 0) is 6.42 Å². The van der Waals surface area contributed by atoms with Crippen molar-refractivity contribution in [3.8, 4) is 5.75 Å². The van der Waals surface area contributed by atoms with E-state index in [2.05, 4.69) is 4.98 Å². The number of hydrogen-bond acceptors (Lipinski definition) is 4. The van der Waals surface area contributed by atoms with Gasteiger partial charge in [-0.05, 0) is 42.7 Å². The topological polar surface area (TPSA) is 91.2 Å². The maximum atomic E-state index is 11.2. The number of nitrogens with zero attached hydrogens (tertiary/aromatic N) is 1. The number of aryl methyl sites for hydroxylation is 1. The summed E-state index contributed by atoms with van der Waals surface area (Å²) < 4.78 is 5.60. The fourth-order valence-corrected chi connectivity index (χ4v) is 1.89. The number of amides is 1. The Kier molecular flexibility index (Phi) is 4.55. The zero-order chi connectivity index (χ0) is 14.4. The van der Waals surface area contributed by atoms with Crippen LogP contribution in [0.3, 0.4) is 0 Å². The summed E-state index contributed by atoms with van der Waals surface area (Å²) in [5.74, 6) is -0.0548. The van der Waals surface area contributed by atoms with E-state index in [0.29, 0.717) is 18.0 Å². The fraction of sp³-hybridized carbons (Fsp3) is 0.200. The molecule has 1 aromatic heterocycles. The van der Waals surface area contributed by atoms with Crippen molar-refractivity contribution in [2.45, 2.75) is 12.8 Å². The van der Waals surface area contributed by atoms with Crippen molar-refractivity contribution >= 4 is 11.6 Å². The molecule has 0 radical (unpaired) electrons. The van der Waals surface area contributed by atoms with Crippen LogP contribution in [0.1, 0.15) is 22.3 Å². The zero-order valence-corrected chi connectivity index (χ0v) is 11.1. The van der Waals surface area contributed by atoms with Gasteiger partial charge in [-0.15, -0.1) is 0 Å². The number of nitrogen functional groups attached to an aromatic ring is 1. The molecule has 104 valence electrons. The predicted octanol–water partition coefficient (Wildman–Crippen LogP) is 1.77. The molecule has 0 atom stereocenters. The molecule has 1 heterocycles. The highest BCUT2D eigenvalue weighted by atomic mass is 16.5. The fourth-order valence-electron chi connectivity index (χ4n) is 1.89. The maximum Gasteiger partial charge on any atom is 0.250 e. The first kappa shape index (κ1) is 13.9. The largest absolute Gasteiger partial charge is 0.491 e. The SMILES string of the molecule is NC(=O)c1cccc(OCCCc2ccncc2)c1N. The van der Waals surface area contributed by atoms with Gasteiger partial charge in [-0.3, -0.25) is 9.78 Å². The first-order valence-electron chi connectivity index (χ1n) is 6.38. The van der Waals surface area contributed by atoms with Gasteiger partial charge in [0.25, 0.3) is 5.91 Å². The Morgan fingerprint density at radius 2 is 1.95 bits per heavy atom. The van der Waals surface area contributed by atoms with Crippen molar-refractivity contribution in [2.75, 3.05) is 12.3 Å². The Balaban J connectivity index is 1.88. The second kappa shape index (κ2) is 6.56. The summed E-state index contributed by atoms with van der Waals surface area (Å²) in [6.07, 6.45) is 5.29. The molecule has 1 amide bonds. The van der Waals surface area contributed by atoms with Crippen LogP contribution >= 0.6 is 0 Å². The number of benzene rings is 1. The Labute approximate surface area is 117 Å². The number of primary amides is 1. The summed E-state index contributed by atoms with van der Waals surface area (Å²) >= 11 is 0. The normalized spacial score (nSPS) is 10.2. The summed E-state index contributed by atoms with van der Waals surface area (Å²) in [5, 5.41) is 0. The van der Waals surface area contributed by atoms with Gasteiger partial charge in [-0.2, -0.15) is 0 Å². The molecule has 2 rings (SSSR count). The second-order valence-corrected chi connectivity index (χ2v) is 4.39. The van der Waals surface area contributed by atoms with Crippen LogP contribution in [0.15, 0.2) is 42.7 Å². The Morgan fingerprint density at radius 1 is 1.20 bits per heavy atom. The quantitative estimate of drug-likeness (QED) is 0.618. The van der Waals surface area contributed by atoms with Gasteiger partial charge in [0.05, 0.1) is 17.9 Å². The van der Waals surface area contributed by atoms with Crippen molar-refractivity contribution in [3.63, 3.8) is 0 Å². The van der Waals surface area contributed by atoms with Crippen LogP contribution in [0.2, 0.25) is 0 Å². The number of ether oxygens (including phenoxy) is 1. The molecule has 5 nitrogen and oxygen atoms in total. The number of carbonyl (C=O) groups is 1. The van der Waals surface area contributed by atoms with Crippen molar-refractivity contribution in [2.24, 2.45) is 5.73 Å². The van der Waals surface area contributed by atoms with Crippen LogP contribution in [-0.4, -0.2) is 17.5 Å². The minimum Gasteiger partial charge on any atom is -0.491 e. The first-order chi connectivity index (χ1) is 9.68. The molecule has 0 unspecified atom stereocenters. The number of anilines is 1. The number of hydrogen-bond donors (Lipinski definition) is 2. The molecule has 0 spiro atoms. The lowest BCUT2D eigenvalue weighted by Crippen LogP contribution is -2.14. The first-order valence-corrected chi connectivity index (χ1v) is 6.38. The molecular formula is C15H17N3O2. The molecule has 1 aromatic carbocycles. The van der Waals surface area contributed by atoms with Gasteiger partial charge in [0.15, 0.2) is 0 Å². The highest BCUT2D eigenvalue weighted by molar-refractivity contribution is 5.99. The van der Waals surface area contributed by atoms with E-state index < -0.39 is 5.91 Å². The van der Waals surface area contributed by atoms with E-state index in [0.717, 1.165) is 12.8 Å². The van der Waals surface area contributed by atoms with Crippen LogP contribution < -0.4 is 16.2 Å². The lowest BCUT2D eigenvalue weighted by molar-refractivity contribution is 0.100. The Hall–Kier alpha value is -2.56. The molecular weight excluding hydrogens is 254 g/mol. The monoisotopic (exact) mass is 271 g/mol. The maximum absolute atomic E-state index is 11.2. The molecule has 2 aromatic rings. The van der Waals surface area contributed by atoms with Gasteiger partial charge in [0.2, 0.25) is 0 Å². The van der Waals surface area contributed by atoms with Crippen molar-refractivity contribution < 1.29 is 9.53 Å². The van der Waals surface area contributed by atoms with E-state index in [1.54, 1.807) is 30.6 Å². The summed E-state index contributed by atoms with van der Waals surface area (Å²) in [5.41, 5.74) is 12.9. The van der Waals surface area contributed by atoms with Crippen molar-refractivity contribution in [1.82, 2.24) is 4.98 Å². The molecule has 4 N–H and O–H groups in total. The van der Waals surface area contributed by atoms with Gasteiger partial charge >= 0.3 is 0 Å². The number of aromatic nitrogens is 1. The molecule has 0 saturated carbocycles. The van der Waals surface area contributed by atoms with Gasteiger partial charge in [-0.25, -0.2) is 0 Å². The van der Waals surface area contributed by atoms with E-state index >= 15 is 0 Å². The molecule has 20 heavy (non-hydrogen) atoms. The van der Waals surface area contributed by atoms with E-state index in [-0.39, 0.29) is 5.56 Å². The lowest BCUT2D eigenvalue weighted by Gasteiger charge is -2.10. The number of nitrogens with two attached hydrogens (primary N) is 2. The Morgan fingerprint density at radius 3 is 2.65 bits per heavy atom. The standard InChI is InChI=1S/C15H17N3O2/c16-14-12(15(17)19)4-1-5-13(14)20-10-2-3-11-6-8-18-9-7-11/h1,4-9H,2-3,10,16H2,(H2,17,19). The third-order valence-electron chi connectivity index (χ3n) is 2.95. The van der Waals surface area contributed by atoms with Gasteiger partial charge < -0.3 is 16.2 Å². The summed E-state index contributed by atoms with van der Waals surface area (Å²) in [7, 11) is 0. The number of rotatable bonds is 6. The van der Waals surface area contributed by atoms with Crippen molar-refractivity contribution in [3.05, 3.63) is 53.9 Å². The lowest BCUT2D eigenvalue weighted by atomic mass is 10.1. The predicted molar refractivity (Wildman–Crippen MR) is 77.4 cm³/mol. The molecule has 0 aliphatic heterocycles. The summed E-state index contributed by atoms with van der Waals surface area (Å²) in [6.45, 7) is 0.523. The summed E-state index contributed by atoms with van der Waals surface area (Å²) in [4.78, 5) is 15.1. The number of pyridine rings is 1. The average Bonchev–Trinajstić information content (AvgIpc) is 2.46. The van der Waals surface area contributed by atoms with E-state index in [4.69, 9.17) is 16.2 Å². The van der Waals surface area contributed by atoms with E-state index in [1.165, 1.54) is 5.56 Å². The van der Waals surface area contributed by atoms with Gasteiger partial charge in [0.1, 0.15) is 5.75 Å². The van der Waals surface area contributed by atoms with Crippen LogP contribution in [0.4, 0.5) is 5.69 Å². The molecule has 5 heteroatoms. The van der Waals surface area contributed by atoms with Crippen LogP contribution in [0.5, 0.6) is 5.75 Å². The molecule has 0 fully saturated rings. The minimum atomic E-state index is -0.551. The second-order valence-electron chi connectivity index (χ2n) is 4.39. The highest BCUT2D eigenvalue weighted by Gasteiger charge is 2.09. The number of carbonyl (C=O) groups excluding carboxylic acids is 1. The molecule has 0 bridgehead atoms.